The smallest absolute Gasteiger partial charge is 0.264 e. The zero-order chi connectivity index (χ0) is 24.7. The summed E-state index contributed by atoms with van der Waals surface area (Å²) < 4.78 is 28.9. The minimum atomic E-state index is -4.07. The second-order valence-electron chi connectivity index (χ2n) is 8.93. The van der Waals surface area contributed by atoms with Gasteiger partial charge in [-0.05, 0) is 63.3 Å². The molecule has 2 heterocycles. The molecular weight excluding hydrogens is 482 g/mol. The molecule has 1 aliphatic rings. The number of benzene rings is 2. The third-order valence-corrected chi connectivity index (χ3v) is 8.81. The van der Waals surface area contributed by atoms with Gasteiger partial charge in [0, 0.05) is 10.4 Å². The summed E-state index contributed by atoms with van der Waals surface area (Å²) in [7, 11) is -4.07. The molecule has 0 aliphatic heterocycles. The van der Waals surface area contributed by atoms with Crippen molar-refractivity contribution in [3.63, 3.8) is 0 Å². The maximum Gasteiger partial charge on any atom is 0.264 e. The highest BCUT2D eigenvalue weighted by Crippen LogP contribution is 2.35. The summed E-state index contributed by atoms with van der Waals surface area (Å²) >= 11 is 1.54. The minimum absolute atomic E-state index is 0.0109. The van der Waals surface area contributed by atoms with Crippen molar-refractivity contribution in [3.05, 3.63) is 80.5 Å². The van der Waals surface area contributed by atoms with Crippen LogP contribution >= 0.6 is 11.3 Å². The Hall–Kier alpha value is -3.30. The molecule has 0 fully saturated rings. The highest BCUT2D eigenvalue weighted by Gasteiger charge is 2.25. The van der Waals surface area contributed by atoms with Crippen molar-refractivity contribution in [2.75, 3.05) is 0 Å². The maximum absolute atomic E-state index is 13.7. The third-order valence-electron chi connectivity index (χ3n) is 6.23. The van der Waals surface area contributed by atoms with E-state index in [9.17, 15) is 18.0 Å². The predicted octanol–water partition coefficient (Wildman–Crippen LogP) is 4.13. The van der Waals surface area contributed by atoms with Gasteiger partial charge < -0.3 is 0 Å². The van der Waals surface area contributed by atoms with Gasteiger partial charge in [-0.15, -0.1) is 11.3 Å². The van der Waals surface area contributed by atoms with E-state index >= 15 is 0 Å². The van der Waals surface area contributed by atoms with Crippen LogP contribution in [-0.2, 0) is 34.2 Å². The largest absolute Gasteiger partial charge is 0.282 e. The molecule has 0 atom stereocenters. The number of fused-ring (bicyclic) bond motifs is 3. The highest BCUT2D eigenvalue weighted by molar-refractivity contribution is 7.90. The van der Waals surface area contributed by atoms with Gasteiger partial charge in [-0.1, -0.05) is 41.5 Å². The quantitative estimate of drug-likeness (QED) is 0.438. The summed E-state index contributed by atoms with van der Waals surface area (Å²) in [4.78, 5) is 33.4. The Morgan fingerprint density at radius 2 is 1.80 bits per heavy atom. The van der Waals surface area contributed by atoms with Crippen molar-refractivity contribution in [1.29, 1.82) is 0 Å². The van der Waals surface area contributed by atoms with E-state index in [0.717, 1.165) is 42.4 Å². The van der Waals surface area contributed by atoms with E-state index in [1.54, 1.807) is 23.5 Å². The van der Waals surface area contributed by atoms with E-state index in [4.69, 9.17) is 4.98 Å². The Bertz CT molecular complexity index is 1620. The first-order valence-corrected chi connectivity index (χ1v) is 13.8. The Morgan fingerprint density at radius 3 is 2.54 bits per heavy atom. The summed E-state index contributed by atoms with van der Waals surface area (Å²) in [6, 6.07) is 13.8. The van der Waals surface area contributed by atoms with Crippen LogP contribution in [0.5, 0.6) is 0 Å². The lowest BCUT2D eigenvalue weighted by atomic mass is 9.97. The second kappa shape index (κ2) is 9.05. The number of hydrogen-bond donors (Lipinski definition) is 1. The average Bonchev–Trinajstić information content (AvgIpc) is 3.19. The molecule has 7 nitrogen and oxygen atoms in total. The molecule has 0 unspecified atom stereocenters. The van der Waals surface area contributed by atoms with Crippen LogP contribution in [0.15, 0.2) is 58.2 Å². The lowest BCUT2D eigenvalue weighted by Crippen LogP contribution is -2.37. The number of aromatic nitrogens is 2. The van der Waals surface area contributed by atoms with Crippen LogP contribution in [0.2, 0.25) is 0 Å². The molecule has 2 aromatic carbocycles. The lowest BCUT2D eigenvalue weighted by molar-refractivity contribution is -0.119. The highest BCUT2D eigenvalue weighted by atomic mass is 32.2. The van der Waals surface area contributed by atoms with Crippen LogP contribution < -0.4 is 10.3 Å². The van der Waals surface area contributed by atoms with Gasteiger partial charge in [0.05, 0.1) is 10.3 Å². The van der Waals surface area contributed by atoms with Crippen molar-refractivity contribution >= 4 is 37.5 Å². The fraction of sp³-hybridized carbons (Fsp3) is 0.269. The number of amides is 1. The first-order valence-electron chi connectivity index (χ1n) is 11.5. The molecule has 2 aromatic heterocycles. The Kier molecular flexibility index (Phi) is 6.06. The Morgan fingerprint density at radius 1 is 1.06 bits per heavy atom. The van der Waals surface area contributed by atoms with Crippen molar-refractivity contribution < 1.29 is 13.2 Å². The van der Waals surface area contributed by atoms with Crippen LogP contribution in [0.25, 0.3) is 21.6 Å². The van der Waals surface area contributed by atoms with Gasteiger partial charge in [0.2, 0.25) is 0 Å². The zero-order valence-electron chi connectivity index (χ0n) is 19.5. The number of sulfonamides is 1. The topological polar surface area (TPSA) is 98.1 Å². The van der Waals surface area contributed by atoms with Gasteiger partial charge in [-0.3, -0.25) is 14.2 Å². The SMILES string of the molecule is Cc1ccc(S(=O)(=O)NC(=O)Cn2c(-c3cccc(C)c3)nc3sc4c(c3c2=O)CCCC4)cc1. The molecule has 4 aromatic rings. The first-order chi connectivity index (χ1) is 16.7. The average molecular weight is 508 g/mol. The molecule has 5 rings (SSSR count). The van der Waals surface area contributed by atoms with Crippen molar-refractivity contribution in [1.82, 2.24) is 14.3 Å². The van der Waals surface area contributed by atoms with Crippen LogP contribution in [-0.4, -0.2) is 23.9 Å². The van der Waals surface area contributed by atoms with Crippen LogP contribution in [0, 0.1) is 13.8 Å². The molecule has 0 bridgehead atoms. The van der Waals surface area contributed by atoms with Gasteiger partial charge in [-0.2, -0.15) is 0 Å². The molecule has 0 saturated heterocycles. The number of aryl methyl sites for hydroxylation is 4. The summed E-state index contributed by atoms with van der Waals surface area (Å²) in [5.41, 5.74) is 3.30. The molecule has 1 amide bonds. The fourth-order valence-electron chi connectivity index (χ4n) is 4.49. The normalized spacial score (nSPS) is 13.5. The van der Waals surface area contributed by atoms with Gasteiger partial charge in [0.15, 0.2) is 0 Å². The van der Waals surface area contributed by atoms with Crippen molar-refractivity contribution in [2.24, 2.45) is 0 Å². The van der Waals surface area contributed by atoms with Crippen molar-refractivity contribution in [3.8, 4) is 11.4 Å². The first kappa shape index (κ1) is 23.4. The number of nitrogens with one attached hydrogen (secondary N) is 1. The minimum Gasteiger partial charge on any atom is -0.282 e. The van der Waals surface area contributed by atoms with E-state index in [1.165, 1.54) is 21.6 Å². The monoisotopic (exact) mass is 507 g/mol. The predicted molar refractivity (Wildman–Crippen MR) is 137 cm³/mol. The number of thiophene rings is 1. The summed E-state index contributed by atoms with van der Waals surface area (Å²) in [5.74, 6) is -0.445. The van der Waals surface area contributed by atoms with E-state index < -0.39 is 22.5 Å². The number of nitrogens with zero attached hydrogens (tertiary/aromatic N) is 2. The molecule has 9 heteroatoms. The van der Waals surface area contributed by atoms with Gasteiger partial charge in [0.1, 0.15) is 17.2 Å². The zero-order valence-corrected chi connectivity index (χ0v) is 21.1. The summed E-state index contributed by atoms with van der Waals surface area (Å²) in [6.45, 7) is 3.33. The maximum atomic E-state index is 13.7. The number of hydrogen-bond acceptors (Lipinski definition) is 6. The Labute approximate surface area is 207 Å². The molecule has 1 N–H and O–H groups in total. The van der Waals surface area contributed by atoms with E-state index in [-0.39, 0.29) is 10.5 Å². The molecule has 1 aliphatic carbocycles. The van der Waals surface area contributed by atoms with E-state index in [1.807, 2.05) is 38.1 Å². The molecule has 0 radical (unpaired) electrons. The van der Waals surface area contributed by atoms with Gasteiger partial charge >= 0.3 is 0 Å². The van der Waals surface area contributed by atoms with Crippen LogP contribution in [0.4, 0.5) is 0 Å². The molecule has 0 spiro atoms. The van der Waals surface area contributed by atoms with Crippen molar-refractivity contribution in [2.45, 2.75) is 51.0 Å². The third kappa shape index (κ3) is 4.53. The summed E-state index contributed by atoms with van der Waals surface area (Å²) in [6.07, 6.45) is 3.82. The molecular formula is C26H25N3O4S2. The number of rotatable bonds is 5. The van der Waals surface area contributed by atoms with Gasteiger partial charge in [-0.25, -0.2) is 18.1 Å². The fourth-order valence-corrected chi connectivity index (χ4v) is 6.72. The molecule has 0 saturated carbocycles. The Balaban J connectivity index is 1.59. The lowest BCUT2D eigenvalue weighted by Gasteiger charge is -2.14. The van der Waals surface area contributed by atoms with E-state index in [0.29, 0.717) is 21.6 Å². The van der Waals surface area contributed by atoms with Crippen LogP contribution in [0.1, 0.15) is 34.4 Å². The van der Waals surface area contributed by atoms with Crippen LogP contribution in [0.3, 0.4) is 0 Å². The second-order valence-corrected chi connectivity index (χ2v) is 11.7. The number of carbonyl (C=O) groups is 1. The number of carbonyl (C=O) groups excluding carboxylic acids is 1. The summed E-state index contributed by atoms with van der Waals surface area (Å²) in [5, 5.41) is 0.551. The van der Waals surface area contributed by atoms with E-state index in [2.05, 4.69) is 4.72 Å². The molecule has 35 heavy (non-hydrogen) atoms. The standard InChI is InChI=1S/C26H25N3O4S2/c1-16-10-12-19(13-11-16)35(32,33)28-22(30)15-29-24(18-7-5-6-17(2)14-18)27-25-23(26(29)31)20-8-3-4-9-21(20)34-25/h5-7,10-14H,3-4,8-9,15H2,1-2H3,(H,28,30). The van der Waals surface area contributed by atoms with Gasteiger partial charge in [0.25, 0.3) is 21.5 Å². The molecule has 180 valence electrons.